The van der Waals surface area contributed by atoms with E-state index in [-0.39, 0.29) is 0 Å². The lowest BCUT2D eigenvalue weighted by Crippen LogP contribution is -2.43. The van der Waals surface area contributed by atoms with Crippen molar-refractivity contribution in [1.82, 2.24) is 20.6 Å². The lowest BCUT2D eigenvalue weighted by Gasteiger charge is -2.07. The van der Waals surface area contributed by atoms with E-state index in [4.69, 9.17) is 9.84 Å². The highest BCUT2D eigenvalue weighted by atomic mass is 79.9. The number of rotatable bonds is 6. The van der Waals surface area contributed by atoms with Crippen LogP contribution in [0.3, 0.4) is 0 Å². The third-order valence-electron chi connectivity index (χ3n) is 4.94. The standard InChI is InChI=1S/C26H22BrN5O3/c1-35-23-14-7-18(8-15-23)25-19(17-32(31-25)22-5-3-2-4-6-22)9-16-24(33)29-30-26(34)28-21-12-10-20(27)11-13-21/h2-17H,1H3,(H,29,33)(H2,28,30,34)/b16-9+. The van der Waals surface area contributed by atoms with Gasteiger partial charge < -0.3 is 10.1 Å². The van der Waals surface area contributed by atoms with Gasteiger partial charge in [-0.3, -0.25) is 10.2 Å². The number of carbonyl (C=O) groups excluding carboxylic acids is 2. The molecular weight excluding hydrogens is 510 g/mol. The van der Waals surface area contributed by atoms with Crippen LogP contribution in [0.15, 0.2) is 95.6 Å². The first-order valence-corrected chi connectivity index (χ1v) is 11.4. The number of urea groups is 1. The molecule has 0 atom stereocenters. The molecule has 0 radical (unpaired) electrons. The quantitative estimate of drug-likeness (QED) is 0.236. The molecule has 0 saturated heterocycles. The molecule has 0 spiro atoms. The number of ether oxygens (including phenoxy) is 1. The van der Waals surface area contributed by atoms with Crippen LogP contribution in [-0.2, 0) is 4.79 Å². The van der Waals surface area contributed by atoms with Crippen LogP contribution in [0.4, 0.5) is 10.5 Å². The van der Waals surface area contributed by atoms with E-state index >= 15 is 0 Å². The second-order valence-electron chi connectivity index (χ2n) is 7.35. The molecule has 1 heterocycles. The lowest BCUT2D eigenvalue weighted by atomic mass is 10.1. The van der Waals surface area contributed by atoms with Gasteiger partial charge in [0.05, 0.1) is 18.5 Å². The molecule has 9 heteroatoms. The molecule has 4 rings (SSSR count). The Hall–Kier alpha value is -4.37. The fraction of sp³-hybridized carbons (Fsp3) is 0.0385. The van der Waals surface area contributed by atoms with Crippen molar-refractivity contribution in [2.45, 2.75) is 0 Å². The van der Waals surface area contributed by atoms with E-state index in [1.807, 2.05) is 60.8 Å². The van der Waals surface area contributed by atoms with Crippen molar-refractivity contribution in [1.29, 1.82) is 0 Å². The van der Waals surface area contributed by atoms with Gasteiger partial charge in [0.15, 0.2) is 0 Å². The maximum absolute atomic E-state index is 12.3. The van der Waals surface area contributed by atoms with Crippen LogP contribution in [0.2, 0.25) is 0 Å². The molecular formula is C26H22BrN5O3. The average molecular weight is 532 g/mol. The summed E-state index contributed by atoms with van der Waals surface area (Å²) in [5, 5.41) is 7.35. The van der Waals surface area contributed by atoms with Gasteiger partial charge in [-0.2, -0.15) is 5.10 Å². The Morgan fingerprint density at radius 3 is 2.34 bits per heavy atom. The number of hydrogen-bond acceptors (Lipinski definition) is 4. The highest BCUT2D eigenvalue weighted by molar-refractivity contribution is 9.10. The molecule has 176 valence electrons. The first-order chi connectivity index (χ1) is 17.0. The number of aromatic nitrogens is 2. The van der Waals surface area contributed by atoms with E-state index in [2.05, 4.69) is 32.1 Å². The largest absolute Gasteiger partial charge is 0.497 e. The fourth-order valence-corrected chi connectivity index (χ4v) is 3.48. The van der Waals surface area contributed by atoms with Crippen molar-refractivity contribution in [3.63, 3.8) is 0 Å². The van der Waals surface area contributed by atoms with Gasteiger partial charge in [0.25, 0.3) is 5.91 Å². The lowest BCUT2D eigenvalue weighted by molar-refractivity contribution is -0.117. The van der Waals surface area contributed by atoms with E-state index in [0.717, 1.165) is 27.0 Å². The normalized spacial score (nSPS) is 10.7. The zero-order valence-corrected chi connectivity index (χ0v) is 20.3. The minimum atomic E-state index is -0.565. The topological polar surface area (TPSA) is 97.3 Å². The second kappa shape index (κ2) is 11.2. The van der Waals surface area contributed by atoms with Crippen LogP contribution in [-0.4, -0.2) is 28.8 Å². The number of anilines is 1. The number of halogens is 1. The van der Waals surface area contributed by atoms with Gasteiger partial charge in [0.2, 0.25) is 0 Å². The van der Waals surface area contributed by atoms with Gasteiger partial charge in [-0.05, 0) is 66.7 Å². The SMILES string of the molecule is COc1ccc(-c2nn(-c3ccccc3)cc2/C=C/C(=O)NNC(=O)Nc2ccc(Br)cc2)cc1. The van der Waals surface area contributed by atoms with E-state index in [1.165, 1.54) is 6.08 Å². The number of carbonyl (C=O) groups is 2. The molecule has 0 unspecified atom stereocenters. The van der Waals surface area contributed by atoms with Crippen LogP contribution >= 0.6 is 15.9 Å². The van der Waals surface area contributed by atoms with Gasteiger partial charge in [0, 0.05) is 33.6 Å². The molecule has 4 aromatic rings. The summed E-state index contributed by atoms with van der Waals surface area (Å²) in [6.07, 6.45) is 4.82. The van der Waals surface area contributed by atoms with E-state index in [0.29, 0.717) is 11.4 Å². The summed E-state index contributed by atoms with van der Waals surface area (Å²) in [6, 6.07) is 23.7. The van der Waals surface area contributed by atoms with Crippen LogP contribution in [0.25, 0.3) is 23.0 Å². The Morgan fingerprint density at radius 1 is 0.943 bits per heavy atom. The maximum Gasteiger partial charge on any atom is 0.337 e. The zero-order chi connectivity index (χ0) is 24.6. The molecule has 0 aliphatic carbocycles. The molecule has 0 bridgehead atoms. The molecule has 3 amide bonds. The Balaban J connectivity index is 1.47. The summed E-state index contributed by atoms with van der Waals surface area (Å²) < 4.78 is 7.89. The van der Waals surface area contributed by atoms with Crippen molar-refractivity contribution in [3.8, 4) is 22.7 Å². The van der Waals surface area contributed by atoms with E-state index < -0.39 is 11.9 Å². The van der Waals surface area contributed by atoms with Crippen molar-refractivity contribution in [2.75, 3.05) is 12.4 Å². The first kappa shape index (κ1) is 23.8. The van der Waals surface area contributed by atoms with Crippen LogP contribution < -0.4 is 20.9 Å². The predicted molar refractivity (Wildman–Crippen MR) is 139 cm³/mol. The monoisotopic (exact) mass is 531 g/mol. The van der Waals surface area contributed by atoms with E-state index in [1.54, 1.807) is 42.1 Å². The summed E-state index contributed by atoms with van der Waals surface area (Å²) in [7, 11) is 1.61. The Morgan fingerprint density at radius 2 is 1.66 bits per heavy atom. The molecule has 1 aromatic heterocycles. The molecule has 3 N–H and O–H groups in total. The summed E-state index contributed by atoms with van der Waals surface area (Å²) in [6.45, 7) is 0. The van der Waals surface area contributed by atoms with Gasteiger partial charge >= 0.3 is 6.03 Å². The Bertz CT molecular complexity index is 1330. The predicted octanol–water partition coefficient (Wildman–Crippen LogP) is 5.18. The number of nitrogens with one attached hydrogen (secondary N) is 3. The molecule has 35 heavy (non-hydrogen) atoms. The smallest absolute Gasteiger partial charge is 0.337 e. The van der Waals surface area contributed by atoms with Crippen LogP contribution in [0.5, 0.6) is 5.75 Å². The van der Waals surface area contributed by atoms with Gasteiger partial charge in [0.1, 0.15) is 5.75 Å². The fourth-order valence-electron chi connectivity index (χ4n) is 3.22. The minimum Gasteiger partial charge on any atom is -0.497 e. The third kappa shape index (κ3) is 6.36. The number of hydrazine groups is 1. The van der Waals surface area contributed by atoms with Crippen molar-refractivity contribution < 1.29 is 14.3 Å². The molecule has 0 fully saturated rings. The van der Waals surface area contributed by atoms with Crippen LogP contribution in [0, 0.1) is 0 Å². The molecule has 0 saturated carbocycles. The number of amides is 3. The molecule has 3 aromatic carbocycles. The average Bonchev–Trinajstić information content (AvgIpc) is 3.32. The van der Waals surface area contributed by atoms with Crippen molar-refractivity contribution in [2.24, 2.45) is 0 Å². The highest BCUT2D eigenvalue weighted by Gasteiger charge is 2.11. The van der Waals surface area contributed by atoms with Crippen LogP contribution in [0.1, 0.15) is 5.56 Å². The van der Waals surface area contributed by atoms with Gasteiger partial charge in [-0.25, -0.2) is 14.9 Å². The van der Waals surface area contributed by atoms with Crippen molar-refractivity contribution in [3.05, 3.63) is 101 Å². The molecule has 0 aliphatic rings. The van der Waals surface area contributed by atoms with Gasteiger partial charge in [-0.1, -0.05) is 34.1 Å². The number of para-hydroxylation sites is 1. The second-order valence-corrected chi connectivity index (χ2v) is 8.27. The molecule has 8 nitrogen and oxygen atoms in total. The number of methoxy groups -OCH3 is 1. The van der Waals surface area contributed by atoms with Gasteiger partial charge in [-0.15, -0.1) is 0 Å². The van der Waals surface area contributed by atoms with E-state index in [9.17, 15) is 9.59 Å². The number of hydrogen-bond donors (Lipinski definition) is 3. The Labute approximate surface area is 210 Å². The molecule has 0 aliphatic heterocycles. The third-order valence-corrected chi connectivity index (χ3v) is 5.47. The number of benzene rings is 3. The summed E-state index contributed by atoms with van der Waals surface area (Å²) in [4.78, 5) is 24.4. The Kier molecular flexibility index (Phi) is 7.59. The van der Waals surface area contributed by atoms with Crippen molar-refractivity contribution >= 4 is 39.6 Å². The minimum absolute atomic E-state index is 0.496. The first-order valence-electron chi connectivity index (χ1n) is 10.6. The maximum atomic E-state index is 12.3. The highest BCUT2D eigenvalue weighted by Crippen LogP contribution is 2.26. The zero-order valence-electron chi connectivity index (χ0n) is 18.7. The summed E-state index contributed by atoms with van der Waals surface area (Å²) >= 11 is 3.33. The summed E-state index contributed by atoms with van der Waals surface area (Å²) in [5.74, 6) is 0.240. The number of nitrogens with zero attached hydrogens (tertiary/aromatic N) is 2. The summed E-state index contributed by atoms with van der Waals surface area (Å²) in [5.41, 5.74) is 8.45.